The predicted octanol–water partition coefficient (Wildman–Crippen LogP) is 15.0. The molecular weight excluding hydrogens is 733 g/mol. The Morgan fingerprint density at radius 1 is 0.500 bits per heavy atom. The van der Waals surface area contributed by atoms with Crippen LogP contribution in [0.3, 0.4) is 0 Å². The first kappa shape index (κ1) is 39.1. The highest BCUT2D eigenvalue weighted by Crippen LogP contribution is 2.47. The van der Waals surface area contributed by atoms with Crippen molar-refractivity contribution in [2.75, 3.05) is 16.5 Å². The number of nitrogens with zero attached hydrogens (tertiary/aromatic N) is 4. The molecule has 0 fully saturated rings. The minimum absolute atomic E-state index is 0.0244. The average Bonchev–Trinajstić information content (AvgIpc) is 3.78. The number of ether oxygens (including phenoxy) is 1. The molecular formula is C55H56N4O. The summed E-state index contributed by atoms with van der Waals surface area (Å²) in [7, 11) is 0. The lowest BCUT2D eigenvalue weighted by molar-refractivity contribution is 0.483. The maximum atomic E-state index is 6.77. The van der Waals surface area contributed by atoms with E-state index in [1.165, 1.54) is 72.5 Å². The van der Waals surface area contributed by atoms with Crippen molar-refractivity contribution in [3.05, 3.63) is 166 Å². The van der Waals surface area contributed by atoms with Crippen LogP contribution in [0.25, 0.3) is 38.8 Å². The van der Waals surface area contributed by atoms with Crippen LogP contribution in [0.2, 0.25) is 0 Å². The van der Waals surface area contributed by atoms with Gasteiger partial charge in [0.15, 0.2) is 0 Å². The first-order chi connectivity index (χ1) is 28.6. The third kappa shape index (κ3) is 6.70. The van der Waals surface area contributed by atoms with Gasteiger partial charge in [-0.25, -0.2) is 4.98 Å². The number of hydrogen-bond donors (Lipinski definition) is 0. The van der Waals surface area contributed by atoms with Crippen LogP contribution in [0.4, 0.5) is 22.7 Å². The van der Waals surface area contributed by atoms with Gasteiger partial charge >= 0.3 is 0 Å². The Morgan fingerprint density at radius 3 is 1.75 bits per heavy atom. The fraction of sp³-hybridized carbons (Fsp3) is 0.255. The van der Waals surface area contributed by atoms with Gasteiger partial charge in [-0.3, -0.25) is 4.57 Å². The second-order valence-corrected chi connectivity index (χ2v) is 18.8. The Bertz CT molecular complexity index is 2910. The molecule has 0 amide bonds. The quantitative estimate of drug-likeness (QED) is 0.168. The van der Waals surface area contributed by atoms with Crippen LogP contribution in [0, 0.1) is 34.6 Å². The molecule has 5 nitrogen and oxygen atoms in total. The molecule has 0 N–H and O–H groups in total. The van der Waals surface area contributed by atoms with Crippen molar-refractivity contribution in [1.82, 2.24) is 9.55 Å². The summed E-state index contributed by atoms with van der Waals surface area (Å²) < 4.78 is 9.05. The summed E-state index contributed by atoms with van der Waals surface area (Å²) in [5.74, 6) is 2.44. The van der Waals surface area contributed by atoms with E-state index in [-0.39, 0.29) is 10.8 Å². The van der Waals surface area contributed by atoms with Crippen molar-refractivity contribution in [2.45, 2.75) is 87.0 Å². The standard InChI is InChI=1S/C55H56N4O/c1-34-35(2)37(4)53(38(5)36(34)3)39-25-26-56-52(27-39)59-48-20-13-12-19-46(48)47-24-23-45(32-51(47)59)60-44-18-16-17-42(31-44)57-33-58(50-22-15-14-21-49(50)57)43-29-40(54(6,7)8)28-41(30-43)55(9,10)11/h12-32H,33H2,1-11H3. The second-order valence-electron chi connectivity index (χ2n) is 18.8. The van der Waals surface area contributed by atoms with Gasteiger partial charge in [0.2, 0.25) is 0 Å². The number of anilines is 4. The molecule has 2 aromatic heterocycles. The Labute approximate surface area is 355 Å². The Kier molecular flexibility index (Phi) is 9.42. The number of rotatable bonds is 6. The van der Waals surface area contributed by atoms with Gasteiger partial charge in [-0.15, -0.1) is 0 Å². The number of pyridine rings is 1. The van der Waals surface area contributed by atoms with Gasteiger partial charge in [0.1, 0.15) is 24.0 Å². The van der Waals surface area contributed by atoms with Crippen LogP contribution in [-0.4, -0.2) is 16.2 Å². The number of hydrogen-bond acceptors (Lipinski definition) is 4. The molecule has 9 rings (SSSR count). The SMILES string of the molecule is Cc1c(C)c(C)c(-c2ccnc(-n3c4ccccc4c4ccc(Oc5cccc(N6CN(c7cc(C(C)(C)C)cc(C(C)(C)C)c7)c7ccccc76)c5)cc43)c2)c(C)c1C. The second kappa shape index (κ2) is 14.4. The van der Waals surface area contributed by atoms with Crippen molar-refractivity contribution in [1.29, 1.82) is 0 Å². The Morgan fingerprint density at radius 2 is 1.08 bits per heavy atom. The van der Waals surface area contributed by atoms with Crippen molar-refractivity contribution in [2.24, 2.45) is 0 Å². The van der Waals surface area contributed by atoms with Gasteiger partial charge in [-0.2, -0.15) is 0 Å². The average molecular weight is 789 g/mol. The van der Waals surface area contributed by atoms with Crippen molar-refractivity contribution < 1.29 is 4.74 Å². The Balaban J connectivity index is 1.08. The zero-order valence-electron chi connectivity index (χ0n) is 37.0. The summed E-state index contributed by atoms with van der Waals surface area (Å²) >= 11 is 0. The van der Waals surface area contributed by atoms with E-state index >= 15 is 0 Å². The lowest BCUT2D eigenvalue weighted by Crippen LogP contribution is -2.25. The van der Waals surface area contributed by atoms with Crippen LogP contribution in [0.15, 0.2) is 128 Å². The topological polar surface area (TPSA) is 33.5 Å². The van der Waals surface area contributed by atoms with Gasteiger partial charge in [0.25, 0.3) is 0 Å². The zero-order chi connectivity index (χ0) is 42.2. The number of para-hydroxylation sites is 3. The predicted molar refractivity (Wildman–Crippen MR) is 254 cm³/mol. The summed E-state index contributed by atoms with van der Waals surface area (Å²) in [4.78, 5) is 9.83. The molecule has 0 spiro atoms. The molecule has 60 heavy (non-hydrogen) atoms. The van der Waals surface area contributed by atoms with E-state index in [0.29, 0.717) is 6.67 Å². The third-order valence-corrected chi connectivity index (χ3v) is 13.0. The molecule has 0 unspecified atom stereocenters. The third-order valence-electron chi connectivity index (χ3n) is 13.0. The number of fused-ring (bicyclic) bond motifs is 4. The van der Waals surface area contributed by atoms with E-state index in [1.807, 2.05) is 12.3 Å². The molecule has 0 saturated carbocycles. The van der Waals surface area contributed by atoms with Crippen LogP contribution in [0.1, 0.15) is 80.5 Å². The fourth-order valence-corrected chi connectivity index (χ4v) is 9.03. The van der Waals surface area contributed by atoms with Crippen molar-refractivity contribution in [3.63, 3.8) is 0 Å². The lowest BCUT2D eigenvalue weighted by atomic mass is 9.80. The van der Waals surface area contributed by atoms with Crippen LogP contribution >= 0.6 is 0 Å². The first-order valence-corrected chi connectivity index (χ1v) is 21.2. The van der Waals surface area contributed by atoms with Crippen molar-refractivity contribution in [3.8, 4) is 28.4 Å². The normalized spacial score (nSPS) is 13.1. The van der Waals surface area contributed by atoms with Crippen LogP contribution in [-0.2, 0) is 10.8 Å². The molecule has 1 aliphatic rings. The highest BCUT2D eigenvalue weighted by Gasteiger charge is 2.30. The van der Waals surface area contributed by atoms with Gasteiger partial charge in [-0.05, 0) is 162 Å². The van der Waals surface area contributed by atoms with Gasteiger partial charge in [0, 0.05) is 40.5 Å². The molecule has 0 bridgehead atoms. The fourth-order valence-electron chi connectivity index (χ4n) is 9.03. The summed E-state index contributed by atoms with van der Waals surface area (Å²) in [5, 5.41) is 2.34. The van der Waals surface area contributed by atoms with E-state index in [9.17, 15) is 0 Å². The lowest BCUT2D eigenvalue weighted by Gasteiger charge is -2.29. The number of benzene rings is 6. The molecule has 5 heteroatoms. The Hall–Kier alpha value is -6.33. The van der Waals surface area contributed by atoms with Crippen LogP contribution in [0.5, 0.6) is 11.5 Å². The smallest absolute Gasteiger partial charge is 0.138 e. The molecule has 302 valence electrons. The molecule has 0 aliphatic carbocycles. The van der Waals surface area contributed by atoms with E-state index < -0.39 is 0 Å². The minimum atomic E-state index is 0.0244. The summed E-state index contributed by atoms with van der Waals surface area (Å²) in [6, 6.07) is 43.8. The summed E-state index contributed by atoms with van der Waals surface area (Å²) in [5.41, 5.74) is 18.7. The van der Waals surface area contributed by atoms with Gasteiger partial charge in [0.05, 0.1) is 22.4 Å². The molecule has 0 saturated heterocycles. The minimum Gasteiger partial charge on any atom is -0.457 e. The van der Waals surface area contributed by atoms with Crippen LogP contribution < -0.4 is 14.5 Å². The summed E-state index contributed by atoms with van der Waals surface area (Å²) in [6.07, 6.45) is 1.95. The highest BCUT2D eigenvalue weighted by atomic mass is 16.5. The van der Waals surface area contributed by atoms with E-state index in [1.54, 1.807) is 0 Å². The van der Waals surface area contributed by atoms with E-state index in [4.69, 9.17) is 9.72 Å². The number of aromatic nitrogens is 2. The zero-order valence-corrected chi connectivity index (χ0v) is 37.0. The largest absolute Gasteiger partial charge is 0.457 e. The van der Waals surface area contributed by atoms with Gasteiger partial charge in [-0.1, -0.05) is 84.0 Å². The molecule has 8 aromatic rings. The maximum Gasteiger partial charge on any atom is 0.138 e. The molecule has 6 aromatic carbocycles. The van der Waals surface area contributed by atoms with E-state index in [0.717, 1.165) is 39.4 Å². The molecule has 0 radical (unpaired) electrons. The molecule has 0 atom stereocenters. The maximum absolute atomic E-state index is 6.77. The monoisotopic (exact) mass is 788 g/mol. The van der Waals surface area contributed by atoms with Crippen molar-refractivity contribution >= 4 is 44.6 Å². The molecule has 3 heterocycles. The first-order valence-electron chi connectivity index (χ1n) is 21.2. The van der Waals surface area contributed by atoms with Gasteiger partial charge < -0.3 is 14.5 Å². The molecule has 1 aliphatic heterocycles. The summed E-state index contributed by atoms with van der Waals surface area (Å²) in [6.45, 7) is 25.7. The van der Waals surface area contributed by atoms with E-state index in [2.05, 4.69) is 206 Å². The highest BCUT2D eigenvalue weighted by molar-refractivity contribution is 6.09.